The Kier molecular flexibility index (Phi) is 5.69. The third-order valence-corrected chi connectivity index (χ3v) is 5.50. The Morgan fingerprint density at radius 3 is 2.67 bits per heavy atom. The van der Waals surface area contributed by atoms with Crippen molar-refractivity contribution in [3.05, 3.63) is 33.3 Å². The third kappa shape index (κ3) is 4.21. The van der Waals surface area contributed by atoms with Crippen molar-refractivity contribution in [3.63, 3.8) is 0 Å². The molecule has 5 heteroatoms. The molecule has 1 aliphatic carbocycles. The summed E-state index contributed by atoms with van der Waals surface area (Å²) in [5.74, 6) is -0.714. The summed E-state index contributed by atoms with van der Waals surface area (Å²) >= 11 is 9.62. The number of hydrogen-bond acceptors (Lipinski definition) is 2. The second kappa shape index (κ2) is 7.12. The number of carbonyl (C=O) groups is 1. The van der Waals surface area contributed by atoms with Gasteiger partial charge in [0.05, 0.1) is 6.42 Å². The minimum Gasteiger partial charge on any atom is -0.481 e. The van der Waals surface area contributed by atoms with Gasteiger partial charge in [-0.3, -0.25) is 9.69 Å². The van der Waals surface area contributed by atoms with E-state index in [0.717, 1.165) is 35.7 Å². The molecule has 0 radical (unpaired) electrons. The summed E-state index contributed by atoms with van der Waals surface area (Å²) in [6, 6.07) is 5.73. The highest BCUT2D eigenvalue weighted by atomic mass is 79.9. The first-order valence-electron chi connectivity index (χ1n) is 7.30. The normalized spacial score (nSPS) is 17.9. The summed E-state index contributed by atoms with van der Waals surface area (Å²) in [6.45, 7) is 0.703. The maximum absolute atomic E-state index is 11.3. The Labute approximate surface area is 139 Å². The lowest BCUT2D eigenvalue weighted by molar-refractivity contribution is -0.141. The average Bonchev–Trinajstić information content (AvgIpc) is 2.43. The molecule has 0 bridgehead atoms. The van der Waals surface area contributed by atoms with Crippen molar-refractivity contribution in [1.82, 2.24) is 4.90 Å². The standard InChI is InChI=1S/C16H21BrClNO2/c1-19(11-12-9-13(18)5-6-14(12)17)16(10-15(20)21)7-3-2-4-8-16/h5-6,9H,2-4,7-8,10-11H2,1H3,(H,20,21). The molecule has 1 aliphatic rings. The molecule has 21 heavy (non-hydrogen) atoms. The van der Waals surface area contributed by atoms with E-state index >= 15 is 0 Å². The van der Waals surface area contributed by atoms with Crippen LogP contribution in [0.5, 0.6) is 0 Å². The molecule has 116 valence electrons. The average molecular weight is 375 g/mol. The fraction of sp³-hybridized carbons (Fsp3) is 0.562. The van der Waals surface area contributed by atoms with Gasteiger partial charge in [-0.15, -0.1) is 0 Å². The van der Waals surface area contributed by atoms with Crippen molar-refractivity contribution >= 4 is 33.5 Å². The molecule has 0 atom stereocenters. The molecule has 1 saturated carbocycles. The molecule has 2 rings (SSSR count). The number of hydrogen-bond donors (Lipinski definition) is 1. The van der Waals surface area contributed by atoms with E-state index in [1.807, 2.05) is 25.2 Å². The zero-order valence-electron chi connectivity index (χ0n) is 12.2. The molecule has 0 aliphatic heterocycles. The van der Waals surface area contributed by atoms with Crippen molar-refractivity contribution in [1.29, 1.82) is 0 Å². The van der Waals surface area contributed by atoms with Crippen molar-refractivity contribution < 1.29 is 9.90 Å². The largest absolute Gasteiger partial charge is 0.481 e. The Bertz CT molecular complexity index is 515. The van der Waals surface area contributed by atoms with Gasteiger partial charge in [-0.2, -0.15) is 0 Å². The van der Waals surface area contributed by atoms with Crippen LogP contribution >= 0.6 is 27.5 Å². The highest BCUT2D eigenvalue weighted by molar-refractivity contribution is 9.10. The molecule has 0 spiro atoms. The quantitative estimate of drug-likeness (QED) is 0.811. The number of halogens is 2. The summed E-state index contributed by atoms with van der Waals surface area (Å²) < 4.78 is 1.01. The number of carboxylic acid groups (broad SMARTS) is 1. The van der Waals surface area contributed by atoms with Crippen LogP contribution in [-0.2, 0) is 11.3 Å². The second-order valence-electron chi connectivity index (χ2n) is 5.95. The molecule has 0 unspecified atom stereocenters. The Morgan fingerprint density at radius 2 is 2.05 bits per heavy atom. The number of benzene rings is 1. The minimum atomic E-state index is -0.714. The second-order valence-corrected chi connectivity index (χ2v) is 7.24. The van der Waals surface area contributed by atoms with Crippen LogP contribution in [0.15, 0.2) is 22.7 Å². The van der Waals surface area contributed by atoms with Gasteiger partial charge in [0.2, 0.25) is 0 Å². The van der Waals surface area contributed by atoms with Crippen LogP contribution in [0.3, 0.4) is 0 Å². The lowest BCUT2D eigenvalue weighted by atomic mass is 9.78. The van der Waals surface area contributed by atoms with Gasteiger partial charge in [0, 0.05) is 21.6 Å². The highest BCUT2D eigenvalue weighted by Crippen LogP contribution is 2.37. The third-order valence-electron chi connectivity index (χ3n) is 4.49. The van der Waals surface area contributed by atoms with Gasteiger partial charge in [0.1, 0.15) is 0 Å². The van der Waals surface area contributed by atoms with Crippen LogP contribution in [0.25, 0.3) is 0 Å². The lowest BCUT2D eigenvalue weighted by Crippen LogP contribution is -2.49. The molecule has 0 aromatic heterocycles. The Balaban J connectivity index is 2.19. The molecule has 1 aromatic carbocycles. The first kappa shape index (κ1) is 16.8. The molecule has 0 heterocycles. The van der Waals surface area contributed by atoms with Crippen LogP contribution in [0, 0.1) is 0 Å². The lowest BCUT2D eigenvalue weighted by Gasteiger charge is -2.44. The van der Waals surface area contributed by atoms with Gasteiger partial charge < -0.3 is 5.11 Å². The zero-order chi connectivity index (χ0) is 15.5. The van der Waals surface area contributed by atoms with Crippen LogP contribution in [-0.4, -0.2) is 28.6 Å². The minimum absolute atomic E-state index is 0.210. The number of carboxylic acids is 1. The van der Waals surface area contributed by atoms with E-state index in [9.17, 15) is 9.90 Å². The molecule has 1 aromatic rings. The number of rotatable bonds is 5. The van der Waals surface area contributed by atoms with Crippen molar-refractivity contribution in [2.45, 2.75) is 50.6 Å². The van der Waals surface area contributed by atoms with Crippen LogP contribution < -0.4 is 0 Å². The van der Waals surface area contributed by atoms with Crippen LogP contribution in [0.2, 0.25) is 5.02 Å². The number of aliphatic carboxylic acids is 1. The fourth-order valence-electron chi connectivity index (χ4n) is 3.27. The summed E-state index contributed by atoms with van der Waals surface area (Å²) in [5.41, 5.74) is 0.867. The molecule has 1 fully saturated rings. The van der Waals surface area contributed by atoms with Crippen molar-refractivity contribution in [3.8, 4) is 0 Å². The monoisotopic (exact) mass is 373 g/mol. The predicted octanol–water partition coefficient (Wildman–Crippen LogP) is 4.71. The molecule has 0 amide bonds. The maximum atomic E-state index is 11.3. The first-order chi connectivity index (χ1) is 9.93. The smallest absolute Gasteiger partial charge is 0.305 e. The fourth-order valence-corrected chi connectivity index (χ4v) is 3.84. The van der Waals surface area contributed by atoms with E-state index in [2.05, 4.69) is 20.8 Å². The Morgan fingerprint density at radius 1 is 1.38 bits per heavy atom. The van der Waals surface area contributed by atoms with E-state index in [0.29, 0.717) is 11.6 Å². The highest BCUT2D eigenvalue weighted by Gasteiger charge is 2.38. The predicted molar refractivity (Wildman–Crippen MR) is 88.7 cm³/mol. The first-order valence-corrected chi connectivity index (χ1v) is 8.47. The van der Waals surface area contributed by atoms with Gasteiger partial charge in [0.15, 0.2) is 0 Å². The van der Waals surface area contributed by atoms with Crippen molar-refractivity contribution in [2.75, 3.05) is 7.05 Å². The van der Waals surface area contributed by atoms with Gasteiger partial charge in [-0.1, -0.05) is 46.8 Å². The van der Waals surface area contributed by atoms with E-state index < -0.39 is 5.97 Å². The topological polar surface area (TPSA) is 40.5 Å². The van der Waals surface area contributed by atoms with Gasteiger partial charge >= 0.3 is 5.97 Å². The van der Waals surface area contributed by atoms with E-state index in [1.54, 1.807) is 0 Å². The van der Waals surface area contributed by atoms with Gasteiger partial charge in [-0.05, 0) is 43.7 Å². The SMILES string of the molecule is CN(Cc1cc(Cl)ccc1Br)C1(CC(=O)O)CCCCC1. The maximum Gasteiger partial charge on any atom is 0.305 e. The molecule has 1 N–H and O–H groups in total. The van der Waals surface area contributed by atoms with Gasteiger partial charge in [-0.25, -0.2) is 0 Å². The van der Waals surface area contributed by atoms with E-state index in [1.165, 1.54) is 6.42 Å². The van der Waals surface area contributed by atoms with Crippen LogP contribution in [0.1, 0.15) is 44.1 Å². The Hall–Kier alpha value is -0.580. The molecular weight excluding hydrogens is 354 g/mol. The summed E-state index contributed by atoms with van der Waals surface area (Å²) in [5, 5.41) is 9.99. The van der Waals surface area contributed by atoms with Gasteiger partial charge in [0.25, 0.3) is 0 Å². The molecule has 0 saturated heterocycles. The van der Waals surface area contributed by atoms with E-state index in [4.69, 9.17) is 11.6 Å². The summed E-state index contributed by atoms with van der Waals surface area (Å²) in [6.07, 6.45) is 5.53. The van der Waals surface area contributed by atoms with Crippen molar-refractivity contribution in [2.24, 2.45) is 0 Å². The van der Waals surface area contributed by atoms with Crippen LogP contribution in [0.4, 0.5) is 0 Å². The van der Waals surface area contributed by atoms with E-state index in [-0.39, 0.29) is 12.0 Å². The summed E-state index contributed by atoms with van der Waals surface area (Å²) in [7, 11) is 2.03. The molecular formula is C16H21BrClNO2. The number of nitrogens with zero attached hydrogens (tertiary/aromatic N) is 1. The zero-order valence-corrected chi connectivity index (χ0v) is 14.6. The summed E-state index contributed by atoms with van der Waals surface area (Å²) in [4.78, 5) is 13.5. The molecule has 3 nitrogen and oxygen atoms in total.